The number of unbranched alkanes of at least 4 members (excludes halogenated alkanes) is 3. The van der Waals surface area contributed by atoms with Crippen LogP contribution in [-0.4, -0.2) is 22.2 Å². The van der Waals surface area contributed by atoms with Crippen LogP contribution in [0.2, 0.25) is 0 Å². The predicted molar refractivity (Wildman–Crippen MR) is 118 cm³/mol. The van der Waals surface area contributed by atoms with E-state index in [0.29, 0.717) is 12.8 Å². The van der Waals surface area contributed by atoms with Crippen LogP contribution >= 0.6 is 0 Å². The minimum Gasteiger partial charge on any atom is -0.481 e. The van der Waals surface area contributed by atoms with Gasteiger partial charge in [0.25, 0.3) is 0 Å². The lowest BCUT2D eigenvalue weighted by Gasteiger charge is -2.19. The van der Waals surface area contributed by atoms with Gasteiger partial charge in [-0.3, -0.25) is 9.59 Å². The molecule has 0 unspecified atom stereocenters. The topological polar surface area (TPSA) is 74.6 Å². The van der Waals surface area contributed by atoms with Crippen LogP contribution < -0.4 is 0 Å². The van der Waals surface area contributed by atoms with Gasteiger partial charge in [-0.05, 0) is 102 Å². The van der Waals surface area contributed by atoms with Crippen molar-refractivity contribution in [2.75, 3.05) is 0 Å². The van der Waals surface area contributed by atoms with Crippen LogP contribution in [0.15, 0.2) is 12.1 Å². The zero-order valence-electron chi connectivity index (χ0n) is 19.2. The molecule has 0 fully saturated rings. The average Bonchev–Trinajstić information content (AvgIpc) is 2.61. The van der Waals surface area contributed by atoms with E-state index >= 15 is 0 Å². The maximum absolute atomic E-state index is 11.2. The first kappa shape index (κ1) is 25.2. The molecule has 29 heavy (non-hydrogen) atoms. The molecule has 1 aromatic rings. The van der Waals surface area contributed by atoms with Crippen LogP contribution in [-0.2, 0) is 22.4 Å². The largest absolute Gasteiger partial charge is 0.481 e. The minimum atomic E-state index is -0.724. The molecular weight excluding hydrogens is 364 g/mol. The highest BCUT2D eigenvalue weighted by atomic mass is 16.4. The summed E-state index contributed by atoms with van der Waals surface area (Å²) >= 11 is 0. The van der Waals surface area contributed by atoms with Crippen molar-refractivity contribution in [2.24, 2.45) is 10.8 Å². The first-order valence-corrected chi connectivity index (χ1v) is 10.9. The number of carboxylic acids is 2. The molecule has 0 bridgehead atoms. The summed E-state index contributed by atoms with van der Waals surface area (Å²) in [5.41, 5.74) is 4.11. The summed E-state index contributed by atoms with van der Waals surface area (Å²) in [7, 11) is 0. The van der Waals surface area contributed by atoms with Gasteiger partial charge in [0.05, 0.1) is 10.8 Å². The molecule has 2 N–H and O–H groups in total. The van der Waals surface area contributed by atoms with E-state index in [1.807, 2.05) is 0 Å². The molecule has 0 aliphatic rings. The maximum atomic E-state index is 11.2. The van der Waals surface area contributed by atoms with Gasteiger partial charge in [-0.25, -0.2) is 0 Å². The fraction of sp³-hybridized carbons (Fsp3) is 0.680. The number of aryl methyl sites for hydroxylation is 3. The number of benzene rings is 1. The Morgan fingerprint density at radius 1 is 0.759 bits per heavy atom. The molecule has 0 aliphatic carbocycles. The maximum Gasteiger partial charge on any atom is 0.309 e. The second kappa shape index (κ2) is 10.8. The fourth-order valence-electron chi connectivity index (χ4n) is 3.59. The molecule has 1 rings (SSSR count). The molecule has 0 amide bonds. The van der Waals surface area contributed by atoms with Gasteiger partial charge in [0.15, 0.2) is 0 Å². The van der Waals surface area contributed by atoms with Gasteiger partial charge in [0, 0.05) is 0 Å². The Hall–Kier alpha value is -1.84. The van der Waals surface area contributed by atoms with Crippen molar-refractivity contribution in [3.63, 3.8) is 0 Å². The zero-order valence-corrected chi connectivity index (χ0v) is 19.2. The van der Waals surface area contributed by atoms with Crippen LogP contribution in [0.4, 0.5) is 0 Å². The summed E-state index contributed by atoms with van der Waals surface area (Å²) in [4.78, 5) is 22.4. The lowest BCUT2D eigenvalue weighted by molar-refractivity contribution is -0.148. The number of hydrogen-bond acceptors (Lipinski definition) is 2. The highest BCUT2D eigenvalue weighted by Crippen LogP contribution is 2.26. The van der Waals surface area contributed by atoms with E-state index in [4.69, 9.17) is 0 Å². The molecule has 0 radical (unpaired) electrons. The first-order chi connectivity index (χ1) is 13.4. The minimum absolute atomic E-state index is 0.637. The van der Waals surface area contributed by atoms with E-state index in [1.165, 1.54) is 22.3 Å². The van der Waals surface area contributed by atoms with Crippen molar-refractivity contribution < 1.29 is 19.8 Å². The summed E-state index contributed by atoms with van der Waals surface area (Å²) in [5, 5.41) is 18.4. The number of rotatable bonds is 13. The van der Waals surface area contributed by atoms with Crippen LogP contribution in [0, 0.1) is 24.7 Å². The summed E-state index contributed by atoms with van der Waals surface area (Å²) in [6.07, 6.45) is 8.41. The Morgan fingerprint density at radius 2 is 1.24 bits per heavy atom. The van der Waals surface area contributed by atoms with Gasteiger partial charge < -0.3 is 10.2 Å². The molecule has 1 aromatic carbocycles. The molecule has 164 valence electrons. The highest BCUT2D eigenvalue weighted by Gasteiger charge is 2.26. The summed E-state index contributed by atoms with van der Waals surface area (Å²) < 4.78 is 0. The lowest BCUT2D eigenvalue weighted by atomic mass is 9.86. The molecule has 0 aliphatic heterocycles. The number of carbonyl (C=O) groups is 2. The molecule has 0 atom stereocenters. The van der Waals surface area contributed by atoms with Gasteiger partial charge in [-0.1, -0.05) is 31.4 Å². The normalized spacial score (nSPS) is 12.2. The van der Waals surface area contributed by atoms with Crippen LogP contribution in [0.5, 0.6) is 0 Å². The third-order valence-corrected chi connectivity index (χ3v) is 6.26. The van der Waals surface area contributed by atoms with E-state index in [0.717, 1.165) is 44.9 Å². The standard InChI is InChI=1S/C25H40O4/c1-18-16-20(12-9-11-15-25(5,6)23(28)29)17-21(19(18)2)13-8-7-10-14-24(3,4)22(26)27/h16-17H,7-15H2,1-6H3,(H,26,27)(H,28,29). The van der Waals surface area contributed by atoms with Crippen molar-refractivity contribution in [2.45, 2.75) is 99.3 Å². The molecule has 0 saturated heterocycles. The lowest BCUT2D eigenvalue weighted by Crippen LogP contribution is -2.23. The van der Waals surface area contributed by atoms with Crippen LogP contribution in [0.1, 0.15) is 94.9 Å². The molecule has 0 heterocycles. The number of aliphatic carboxylic acids is 2. The third kappa shape index (κ3) is 8.20. The Bertz CT molecular complexity index is 701. The Balaban J connectivity index is 2.53. The van der Waals surface area contributed by atoms with Crippen molar-refractivity contribution in [3.8, 4) is 0 Å². The fourth-order valence-corrected chi connectivity index (χ4v) is 3.59. The molecule has 4 heteroatoms. The highest BCUT2D eigenvalue weighted by molar-refractivity contribution is 5.73. The SMILES string of the molecule is Cc1cc(CCCCC(C)(C)C(=O)O)cc(CCCCCC(C)(C)C(=O)O)c1C. The first-order valence-electron chi connectivity index (χ1n) is 10.9. The van der Waals surface area contributed by atoms with Gasteiger partial charge in [0.2, 0.25) is 0 Å². The summed E-state index contributed by atoms with van der Waals surface area (Å²) in [5.74, 6) is -1.44. The van der Waals surface area contributed by atoms with E-state index in [-0.39, 0.29) is 0 Å². The second-order valence-electron chi connectivity index (χ2n) is 9.84. The van der Waals surface area contributed by atoms with Crippen molar-refractivity contribution >= 4 is 11.9 Å². The van der Waals surface area contributed by atoms with Gasteiger partial charge in [-0.2, -0.15) is 0 Å². The third-order valence-electron chi connectivity index (χ3n) is 6.26. The van der Waals surface area contributed by atoms with E-state index in [2.05, 4.69) is 26.0 Å². The quantitative estimate of drug-likeness (QED) is 0.376. The van der Waals surface area contributed by atoms with E-state index in [1.54, 1.807) is 27.7 Å². The van der Waals surface area contributed by atoms with Gasteiger partial charge in [-0.15, -0.1) is 0 Å². The Morgan fingerprint density at radius 3 is 1.76 bits per heavy atom. The molecular formula is C25H40O4. The van der Waals surface area contributed by atoms with Gasteiger partial charge >= 0.3 is 11.9 Å². The molecule has 4 nitrogen and oxygen atoms in total. The molecule has 0 spiro atoms. The molecule has 0 saturated carbocycles. The summed E-state index contributed by atoms with van der Waals surface area (Å²) in [6.45, 7) is 11.5. The van der Waals surface area contributed by atoms with Gasteiger partial charge in [0.1, 0.15) is 0 Å². The smallest absolute Gasteiger partial charge is 0.309 e. The monoisotopic (exact) mass is 404 g/mol. The van der Waals surface area contributed by atoms with Crippen molar-refractivity contribution in [1.82, 2.24) is 0 Å². The number of carboxylic acid groups (broad SMARTS) is 2. The second-order valence-corrected chi connectivity index (χ2v) is 9.84. The Labute approximate surface area is 176 Å². The molecule has 0 aromatic heterocycles. The number of hydrogen-bond donors (Lipinski definition) is 2. The van der Waals surface area contributed by atoms with Crippen molar-refractivity contribution in [1.29, 1.82) is 0 Å². The van der Waals surface area contributed by atoms with Crippen LogP contribution in [0.25, 0.3) is 0 Å². The average molecular weight is 405 g/mol. The Kier molecular flexibility index (Phi) is 9.38. The van der Waals surface area contributed by atoms with Crippen molar-refractivity contribution in [3.05, 3.63) is 34.4 Å². The van der Waals surface area contributed by atoms with E-state index < -0.39 is 22.8 Å². The summed E-state index contributed by atoms with van der Waals surface area (Å²) in [6, 6.07) is 4.57. The predicted octanol–water partition coefficient (Wildman–Crippen LogP) is 6.34. The zero-order chi connectivity index (χ0) is 22.2. The van der Waals surface area contributed by atoms with E-state index in [9.17, 15) is 19.8 Å². The van der Waals surface area contributed by atoms with Crippen LogP contribution in [0.3, 0.4) is 0 Å².